The fraction of sp³-hybridized carbons (Fsp3) is 0.269. The first-order valence-electron chi connectivity index (χ1n) is 10.7. The molecular formula is C26H29FN2O3S. The molecule has 1 amide bonds. The van der Waals surface area contributed by atoms with Gasteiger partial charge in [-0.2, -0.15) is 0 Å². The van der Waals surface area contributed by atoms with Crippen LogP contribution in [0.1, 0.15) is 51.1 Å². The third-order valence-corrected chi connectivity index (χ3v) is 6.89. The van der Waals surface area contributed by atoms with Crippen LogP contribution in [0.3, 0.4) is 0 Å². The summed E-state index contributed by atoms with van der Waals surface area (Å²) in [4.78, 5) is 12.8. The van der Waals surface area contributed by atoms with Crippen molar-refractivity contribution in [3.8, 4) is 0 Å². The SMILES string of the molecule is Cc1cc(C)c([C@@H](C)NC(=O)c2ccc(CN(c3ccccc3F)S(C)(=O)=O)cc2)cc1C. The predicted octanol–water partition coefficient (Wildman–Crippen LogP) is 5.21. The van der Waals surface area contributed by atoms with E-state index in [1.165, 1.54) is 29.3 Å². The first kappa shape index (κ1) is 24.5. The van der Waals surface area contributed by atoms with Gasteiger partial charge in [-0.15, -0.1) is 0 Å². The van der Waals surface area contributed by atoms with E-state index in [4.69, 9.17) is 0 Å². The Morgan fingerprint density at radius 3 is 2.18 bits per heavy atom. The van der Waals surface area contributed by atoms with E-state index < -0.39 is 15.8 Å². The van der Waals surface area contributed by atoms with E-state index >= 15 is 0 Å². The summed E-state index contributed by atoms with van der Waals surface area (Å²) in [7, 11) is -3.71. The first-order valence-corrected chi connectivity index (χ1v) is 12.5. The smallest absolute Gasteiger partial charge is 0.251 e. The Kier molecular flexibility index (Phi) is 7.22. The van der Waals surface area contributed by atoms with Crippen molar-refractivity contribution in [2.45, 2.75) is 40.3 Å². The molecule has 3 aromatic carbocycles. The molecule has 0 heterocycles. The number of para-hydroxylation sites is 1. The number of amides is 1. The van der Waals surface area contributed by atoms with Crippen molar-refractivity contribution < 1.29 is 17.6 Å². The van der Waals surface area contributed by atoms with Crippen LogP contribution in [0.25, 0.3) is 0 Å². The van der Waals surface area contributed by atoms with Crippen LogP contribution < -0.4 is 9.62 Å². The Labute approximate surface area is 195 Å². The molecule has 174 valence electrons. The summed E-state index contributed by atoms with van der Waals surface area (Å²) < 4.78 is 39.8. The van der Waals surface area contributed by atoms with E-state index in [-0.39, 0.29) is 24.2 Å². The molecular weight excluding hydrogens is 439 g/mol. The van der Waals surface area contributed by atoms with Gasteiger partial charge in [0.25, 0.3) is 5.91 Å². The van der Waals surface area contributed by atoms with Gasteiger partial charge in [0.15, 0.2) is 0 Å². The van der Waals surface area contributed by atoms with Crippen molar-refractivity contribution >= 4 is 21.6 Å². The highest BCUT2D eigenvalue weighted by atomic mass is 32.2. The maximum absolute atomic E-state index is 14.2. The van der Waals surface area contributed by atoms with Gasteiger partial charge >= 0.3 is 0 Å². The largest absolute Gasteiger partial charge is 0.346 e. The number of aryl methyl sites for hydroxylation is 3. The lowest BCUT2D eigenvalue weighted by Gasteiger charge is -2.23. The van der Waals surface area contributed by atoms with Gasteiger partial charge in [0.2, 0.25) is 10.0 Å². The molecule has 3 aromatic rings. The van der Waals surface area contributed by atoms with Crippen molar-refractivity contribution in [2.75, 3.05) is 10.6 Å². The minimum atomic E-state index is -3.71. The van der Waals surface area contributed by atoms with Crippen LogP contribution in [0.5, 0.6) is 0 Å². The standard InChI is InChI=1S/C26H29FN2O3S/c1-17-14-19(3)23(15-18(17)2)20(4)28-26(30)22-12-10-21(11-13-22)16-29(33(5,31)32)25-9-7-6-8-24(25)27/h6-15,20H,16H2,1-5H3,(H,28,30)/t20-/m1/s1. The van der Waals surface area contributed by atoms with Gasteiger partial charge in [0.05, 0.1) is 24.5 Å². The zero-order chi connectivity index (χ0) is 24.3. The van der Waals surface area contributed by atoms with Gasteiger partial charge in [0.1, 0.15) is 5.82 Å². The highest BCUT2D eigenvalue weighted by molar-refractivity contribution is 7.92. The average Bonchev–Trinajstić information content (AvgIpc) is 2.74. The number of anilines is 1. The van der Waals surface area contributed by atoms with E-state index in [2.05, 4.69) is 24.4 Å². The number of hydrogen-bond acceptors (Lipinski definition) is 3. The van der Waals surface area contributed by atoms with Crippen LogP contribution in [0, 0.1) is 26.6 Å². The van der Waals surface area contributed by atoms with Crippen molar-refractivity contribution in [1.29, 1.82) is 0 Å². The zero-order valence-electron chi connectivity index (χ0n) is 19.5. The summed E-state index contributed by atoms with van der Waals surface area (Å²) in [6.07, 6.45) is 1.04. The third kappa shape index (κ3) is 5.79. The molecule has 7 heteroatoms. The maximum atomic E-state index is 14.2. The fourth-order valence-corrected chi connectivity index (χ4v) is 4.66. The summed E-state index contributed by atoms with van der Waals surface area (Å²) in [6, 6.07) is 16.4. The zero-order valence-corrected chi connectivity index (χ0v) is 20.3. The summed E-state index contributed by atoms with van der Waals surface area (Å²) in [6.45, 7) is 8.05. The van der Waals surface area contributed by atoms with Crippen molar-refractivity contribution in [3.63, 3.8) is 0 Å². The second kappa shape index (κ2) is 9.75. The molecule has 3 rings (SSSR count). The summed E-state index contributed by atoms with van der Waals surface area (Å²) >= 11 is 0. The Morgan fingerprint density at radius 1 is 0.970 bits per heavy atom. The van der Waals surface area contributed by atoms with E-state index in [9.17, 15) is 17.6 Å². The first-order chi connectivity index (χ1) is 15.5. The normalized spacial score (nSPS) is 12.3. The molecule has 0 aliphatic carbocycles. The van der Waals surface area contributed by atoms with Crippen LogP contribution in [0.15, 0.2) is 60.7 Å². The molecule has 0 aliphatic heterocycles. The number of carbonyl (C=O) groups excluding carboxylic acids is 1. The van der Waals surface area contributed by atoms with Crippen LogP contribution in [-0.4, -0.2) is 20.6 Å². The van der Waals surface area contributed by atoms with E-state index in [0.717, 1.165) is 21.7 Å². The summed E-state index contributed by atoms with van der Waals surface area (Å²) in [5.74, 6) is -0.838. The number of rotatable bonds is 7. The Morgan fingerprint density at radius 2 is 1.58 bits per heavy atom. The number of nitrogens with zero attached hydrogens (tertiary/aromatic N) is 1. The highest BCUT2D eigenvalue weighted by Gasteiger charge is 2.21. The lowest BCUT2D eigenvalue weighted by atomic mass is 9.96. The van der Waals surface area contributed by atoms with E-state index in [0.29, 0.717) is 11.1 Å². The lowest BCUT2D eigenvalue weighted by molar-refractivity contribution is 0.0939. The molecule has 1 atom stereocenters. The van der Waals surface area contributed by atoms with E-state index in [1.54, 1.807) is 30.3 Å². The van der Waals surface area contributed by atoms with Crippen molar-refractivity contribution in [1.82, 2.24) is 5.32 Å². The monoisotopic (exact) mass is 468 g/mol. The summed E-state index contributed by atoms with van der Waals surface area (Å²) in [5.41, 5.74) is 5.66. The van der Waals surface area contributed by atoms with Crippen LogP contribution in [0.2, 0.25) is 0 Å². The third-order valence-electron chi connectivity index (χ3n) is 5.76. The van der Waals surface area contributed by atoms with Gasteiger partial charge in [0, 0.05) is 5.56 Å². The van der Waals surface area contributed by atoms with E-state index in [1.807, 2.05) is 20.8 Å². The second-order valence-corrected chi connectivity index (χ2v) is 10.3. The molecule has 33 heavy (non-hydrogen) atoms. The molecule has 0 spiro atoms. The predicted molar refractivity (Wildman–Crippen MR) is 130 cm³/mol. The van der Waals surface area contributed by atoms with Crippen LogP contribution in [-0.2, 0) is 16.6 Å². The molecule has 5 nitrogen and oxygen atoms in total. The molecule has 0 radical (unpaired) electrons. The molecule has 0 unspecified atom stereocenters. The lowest BCUT2D eigenvalue weighted by Crippen LogP contribution is -2.30. The Bertz CT molecular complexity index is 1270. The quantitative estimate of drug-likeness (QED) is 0.518. The van der Waals surface area contributed by atoms with Gasteiger partial charge in [-0.05, 0) is 79.8 Å². The van der Waals surface area contributed by atoms with Gasteiger partial charge in [-0.25, -0.2) is 12.8 Å². The molecule has 0 bridgehead atoms. The number of sulfonamides is 1. The molecule has 1 N–H and O–H groups in total. The summed E-state index contributed by atoms with van der Waals surface area (Å²) in [5, 5.41) is 3.02. The van der Waals surface area contributed by atoms with Crippen LogP contribution in [0.4, 0.5) is 10.1 Å². The molecule has 0 saturated heterocycles. The number of benzene rings is 3. The molecule has 0 aliphatic rings. The molecule has 0 aromatic heterocycles. The fourth-order valence-electron chi connectivity index (χ4n) is 3.77. The van der Waals surface area contributed by atoms with Gasteiger partial charge < -0.3 is 5.32 Å². The number of halogens is 1. The Hall–Kier alpha value is -3.19. The number of carbonyl (C=O) groups is 1. The van der Waals surface area contributed by atoms with Gasteiger partial charge in [-0.3, -0.25) is 9.10 Å². The average molecular weight is 469 g/mol. The van der Waals surface area contributed by atoms with Gasteiger partial charge in [-0.1, -0.05) is 36.4 Å². The Balaban J connectivity index is 1.76. The second-order valence-electron chi connectivity index (χ2n) is 8.41. The minimum Gasteiger partial charge on any atom is -0.346 e. The molecule has 0 saturated carbocycles. The minimum absolute atomic E-state index is 0.0144. The molecule has 0 fully saturated rings. The van der Waals surface area contributed by atoms with Crippen molar-refractivity contribution in [3.05, 3.63) is 99.9 Å². The number of hydrogen-bond donors (Lipinski definition) is 1. The maximum Gasteiger partial charge on any atom is 0.251 e. The topological polar surface area (TPSA) is 66.5 Å². The highest BCUT2D eigenvalue weighted by Crippen LogP contribution is 2.25. The number of nitrogens with one attached hydrogen (secondary N) is 1. The van der Waals surface area contributed by atoms with Crippen molar-refractivity contribution in [2.24, 2.45) is 0 Å². The van der Waals surface area contributed by atoms with Crippen LogP contribution >= 0.6 is 0 Å².